The first-order valence-corrected chi connectivity index (χ1v) is 7.20. The molecule has 0 bridgehead atoms. The minimum atomic E-state index is -0.441. The zero-order valence-electron chi connectivity index (χ0n) is 12.4. The lowest BCUT2D eigenvalue weighted by atomic mass is 10.1. The molecular weight excluding hydrogens is 287 g/mol. The van der Waals surface area contributed by atoms with Crippen LogP contribution < -0.4 is 10.2 Å². The largest absolute Gasteiger partial charge is 0.354 e. The van der Waals surface area contributed by atoms with Gasteiger partial charge >= 0.3 is 0 Å². The number of fused-ring (bicyclic) bond motifs is 1. The summed E-state index contributed by atoms with van der Waals surface area (Å²) in [5.41, 5.74) is 0.526. The minimum absolute atomic E-state index is 0.0142. The molecule has 6 nitrogen and oxygen atoms in total. The lowest BCUT2D eigenvalue weighted by Gasteiger charge is -2.15. The molecule has 116 valence electrons. The average molecular weight is 304 g/mol. The number of amides is 2. The van der Waals surface area contributed by atoms with E-state index in [4.69, 9.17) is 0 Å². The van der Waals surface area contributed by atoms with Crippen molar-refractivity contribution in [3.05, 3.63) is 24.0 Å². The summed E-state index contributed by atoms with van der Waals surface area (Å²) in [6.07, 6.45) is 0.112. The monoisotopic (exact) mass is 304 g/mol. The summed E-state index contributed by atoms with van der Waals surface area (Å²) < 4.78 is 14.0. The molecule has 2 heterocycles. The molecule has 1 aromatic heterocycles. The standard InChI is InChI=1S/C15H17FN4O2/c1-8(2)17-15(22)9-6-12(21)20(7-9)14-13-10(16)4-3-5-11(13)18-19-14/h3-5,8-9H,6-7H2,1-2H3,(H,17,22)(H,18,19). The van der Waals surface area contributed by atoms with E-state index in [0.29, 0.717) is 5.52 Å². The zero-order valence-corrected chi connectivity index (χ0v) is 12.4. The molecule has 1 atom stereocenters. The fourth-order valence-corrected chi connectivity index (χ4v) is 2.70. The predicted octanol–water partition coefficient (Wildman–Crippen LogP) is 1.58. The minimum Gasteiger partial charge on any atom is -0.354 e. The molecule has 2 amide bonds. The van der Waals surface area contributed by atoms with E-state index >= 15 is 0 Å². The van der Waals surface area contributed by atoms with Crippen molar-refractivity contribution in [3.63, 3.8) is 0 Å². The van der Waals surface area contributed by atoms with Crippen LogP contribution >= 0.6 is 0 Å². The second-order valence-electron chi connectivity index (χ2n) is 5.78. The number of anilines is 1. The van der Waals surface area contributed by atoms with E-state index in [2.05, 4.69) is 15.5 Å². The van der Waals surface area contributed by atoms with E-state index < -0.39 is 11.7 Å². The summed E-state index contributed by atoms with van der Waals surface area (Å²) in [7, 11) is 0. The second kappa shape index (κ2) is 5.40. The number of nitrogens with zero attached hydrogens (tertiary/aromatic N) is 2. The van der Waals surface area contributed by atoms with Crippen LogP contribution in [0, 0.1) is 11.7 Å². The van der Waals surface area contributed by atoms with Crippen LogP contribution in [0.15, 0.2) is 18.2 Å². The Morgan fingerprint density at radius 2 is 2.27 bits per heavy atom. The number of carbonyl (C=O) groups is 2. The first kappa shape index (κ1) is 14.5. The third-order valence-electron chi connectivity index (χ3n) is 3.70. The first-order valence-electron chi connectivity index (χ1n) is 7.20. The highest BCUT2D eigenvalue weighted by Gasteiger charge is 2.37. The number of carbonyl (C=O) groups excluding carboxylic acids is 2. The van der Waals surface area contributed by atoms with Crippen molar-refractivity contribution in [1.29, 1.82) is 0 Å². The molecule has 1 saturated heterocycles. The maximum absolute atomic E-state index is 14.0. The van der Waals surface area contributed by atoms with Gasteiger partial charge in [-0.05, 0) is 26.0 Å². The van der Waals surface area contributed by atoms with Gasteiger partial charge in [0, 0.05) is 19.0 Å². The average Bonchev–Trinajstić information content (AvgIpc) is 3.02. The fourth-order valence-electron chi connectivity index (χ4n) is 2.70. The maximum Gasteiger partial charge on any atom is 0.229 e. The number of rotatable bonds is 3. The van der Waals surface area contributed by atoms with Crippen LogP contribution in [0.4, 0.5) is 10.2 Å². The molecule has 0 aliphatic carbocycles. The third kappa shape index (κ3) is 2.43. The van der Waals surface area contributed by atoms with E-state index in [0.717, 1.165) is 0 Å². The normalized spacial score (nSPS) is 18.5. The molecule has 7 heteroatoms. The van der Waals surface area contributed by atoms with Crippen LogP contribution in [0.1, 0.15) is 20.3 Å². The number of hydrogen-bond acceptors (Lipinski definition) is 3. The molecule has 1 aromatic carbocycles. The quantitative estimate of drug-likeness (QED) is 0.903. The molecule has 2 N–H and O–H groups in total. The van der Waals surface area contributed by atoms with Gasteiger partial charge in [-0.2, -0.15) is 5.10 Å². The van der Waals surface area contributed by atoms with Gasteiger partial charge in [0.25, 0.3) is 0 Å². The summed E-state index contributed by atoms with van der Waals surface area (Å²) in [5.74, 6) is -1.01. The van der Waals surface area contributed by atoms with Crippen molar-refractivity contribution in [2.75, 3.05) is 11.4 Å². The van der Waals surface area contributed by atoms with E-state index in [1.54, 1.807) is 12.1 Å². The number of aromatic amines is 1. The van der Waals surface area contributed by atoms with Gasteiger partial charge in [0.05, 0.1) is 16.8 Å². The Morgan fingerprint density at radius 1 is 1.50 bits per heavy atom. The molecule has 0 saturated carbocycles. The number of halogens is 1. The van der Waals surface area contributed by atoms with Crippen molar-refractivity contribution < 1.29 is 14.0 Å². The molecule has 1 aliphatic heterocycles. The maximum atomic E-state index is 14.0. The van der Waals surface area contributed by atoms with Gasteiger partial charge in [0.1, 0.15) is 5.82 Å². The number of H-pyrrole nitrogens is 1. The van der Waals surface area contributed by atoms with Crippen LogP contribution in [0.5, 0.6) is 0 Å². The third-order valence-corrected chi connectivity index (χ3v) is 3.70. The Bertz CT molecular complexity index is 740. The molecule has 1 unspecified atom stereocenters. The topological polar surface area (TPSA) is 78.1 Å². The van der Waals surface area contributed by atoms with Gasteiger partial charge in [-0.3, -0.25) is 19.6 Å². The van der Waals surface area contributed by atoms with E-state index in [-0.39, 0.29) is 42.0 Å². The predicted molar refractivity (Wildman–Crippen MR) is 79.8 cm³/mol. The van der Waals surface area contributed by atoms with Gasteiger partial charge in [-0.15, -0.1) is 0 Å². The number of benzene rings is 1. The number of hydrogen-bond donors (Lipinski definition) is 2. The van der Waals surface area contributed by atoms with Crippen molar-refractivity contribution in [1.82, 2.24) is 15.5 Å². The van der Waals surface area contributed by atoms with Crippen LogP contribution in [0.3, 0.4) is 0 Å². The molecule has 1 aliphatic rings. The molecule has 0 radical (unpaired) electrons. The molecule has 2 aromatic rings. The van der Waals surface area contributed by atoms with Crippen LogP contribution in [-0.4, -0.2) is 34.6 Å². The van der Waals surface area contributed by atoms with Gasteiger partial charge in [0.2, 0.25) is 11.8 Å². The molecule has 1 fully saturated rings. The van der Waals surface area contributed by atoms with Crippen molar-refractivity contribution in [3.8, 4) is 0 Å². The van der Waals surface area contributed by atoms with Gasteiger partial charge < -0.3 is 5.32 Å². The fraction of sp³-hybridized carbons (Fsp3) is 0.400. The SMILES string of the molecule is CC(C)NC(=O)C1CC(=O)N(c2n[nH]c3cccc(F)c23)C1. The summed E-state index contributed by atoms with van der Waals surface area (Å²) in [6, 6.07) is 4.61. The Balaban J connectivity index is 1.89. The van der Waals surface area contributed by atoms with E-state index in [1.165, 1.54) is 11.0 Å². The molecular formula is C15H17FN4O2. The lowest BCUT2D eigenvalue weighted by Crippen LogP contribution is -2.37. The van der Waals surface area contributed by atoms with Crippen LogP contribution in [0.25, 0.3) is 10.9 Å². The van der Waals surface area contributed by atoms with Crippen molar-refractivity contribution >= 4 is 28.5 Å². The van der Waals surface area contributed by atoms with Gasteiger partial charge in [-0.25, -0.2) is 4.39 Å². The summed E-state index contributed by atoms with van der Waals surface area (Å²) in [6.45, 7) is 3.94. The zero-order chi connectivity index (χ0) is 15.9. The van der Waals surface area contributed by atoms with Crippen LogP contribution in [-0.2, 0) is 9.59 Å². The highest BCUT2D eigenvalue weighted by Crippen LogP contribution is 2.31. The molecule has 3 rings (SSSR count). The summed E-state index contributed by atoms with van der Waals surface area (Å²) in [4.78, 5) is 25.6. The lowest BCUT2D eigenvalue weighted by molar-refractivity contribution is -0.126. The Hall–Kier alpha value is -2.44. The number of nitrogens with one attached hydrogen (secondary N) is 2. The molecule has 0 spiro atoms. The summed E-state index contributed by atoms with van der Waals surface area (Å²) in [5, 5.41) is 9.85. The first-order chi connectivity index (χ1) is 10.5. The van der Waals surface area contributed by atoms with Crippen molar-refractivity contribution in [2.45, 2.75) is 26.3 Å². The van der Waals surface area contributed by atoms with Crippen molar-refractivity contribution in [2.24, 2.45) is 5.92 Å². The Morgan fingerprint density at radius 3 is 3.00 bits per heavy atom. The van der Waals surface area contributed by atoms with E-state index in [1.807, 2.05) is 13.8 Å². The van der Waals surface area contributed by atoms with Crippen LogP contribution in [0.2, 0.25) is 0 Å². The molecule has 22 heavy (non-hydrogen) atoms. The van der Waals surface area contributed by atoms with E-state index in [9.17, 15) is 14.0 Å². The van der Waals surface area contributed by atoms with Gasteiger partial charge in [-0.1, -0.05) is 6.07 Å². The smallest absolute Gasteiger partial charge is 0.229 e. The Labute approximate surface area is 126 Å². The highest BCUT2D eigenvalue weighted by molar-refractivity contribution is 6.05. The highest BCUT2D eigenvalue weighted by atomic mass is 19.1. The Kier molecular flexibility index (Phi) is 3.56. The second-order valence-corrected chi connectivity index (χ2v) is 5.78. The van der Waals surface area contributed by atoms with Gasteiger partial charge in [0.15, 0.2) is 5.82 Å². The summed E-state index contributed by atoms with van der Waals surface area (Å²) >= 11 is 0. The number of aromatic nitrogens is 2.